The Balaban J connectivity index is 3.15. The molecule has 5 heteroatoms. The number of hydrogen-bond acceptors (Lipinski definition) is 4. The lowest BCUT2D eigenvalue weighted by molar-refractivity contribution is -0.137. The SMILES string of the molecule is COc1ccc(C)cc1C(=O)C(CC(=O)O)N(C)C. The zero-order chi connectivity index (χ0) is 14.6. The molecular weight excluding hydrogens is 246 g/mol. The molecule has 0 aromatic heterocycles. The first-order valence-electron chi connectivity index (χ1n) is 5.94. The van der Waals surface area contributed by atoms with Crippen molar-refractivity contribution in [2.45, 2.75) is 19.4 Å². The summed E-state index contributed by atoms with van der Waals surface area (Å²) in [5.41, 5.74) is 1.35. The second-order valence-corrected chi connectivity index (χ2v) is 4.65. The van der Waals surface area contributed by atoms with E-state index in [-0.39, 0.29) is 12.2 Å². The van der Waals surface area contributed by atoms with Crippen LogP contribution >= 0.6 is 0 Å². The number of carbonyl (C=O) groups excluding carboxylic acids is 1. The summed E-state index contributed by atoms with van der Waals surface area (Å²) < 4.78 is 5.17. The number of ketones is 1. The number of aliphatic carboxylic acids is 1. The molecule has 5 nitrogen and oxygen atoms in total. The van der Waals surface area contributed by atoms with E-state index in [2.05, 4.69) is 0 Å². The molecule has 0 aliphatic heterocycles. The fourth-order valence-electron chi connectivity index (χ4n) is 1.87. The summed E-state index contributed by atoms with van der Waals surface area (Å²) in [6, 6.07) is 4.58. The minimum atomic E-state index is -1.00. The molecule has 1 N–H and O–H groups in total. The predicted octanol–water partition coefficient (Wildman–Crippen LogP) is 1.59. The minimum Gasteiger partial charge on any atom is -0.496 e. The molecule has 1 atom stereocenters. The Bertz CT molecular complexity index is 482. The number of carboxylic acids is 1. The smallest absolute Gasteiger partial charge is 0.305 e. The third-order valence-corrected chi connectivity index (χ3v) is 2.91. The highest BCUT2D eigenvalue weighted by Crippen LogP contribution is 2.23. The van der Waals surface area contributed by atoms with Crippen molar-refractivity contribution < 1.29 is 19.4 Å². The third-order valence-electron chi connectivity index (χ3n) is 2.91. The topological polar surface area (TPSA) is 66.8 Å². The predicted molar refractivity (Wildman–Crippen MR) is 71.8 cm³/mol. The number of aryl methyl sites for hydroxylation is 1. The zero-order valence-electron chi connectivity index (χ0n) is 11.6. The van der Waals surface area contributed by atoms with Crippen LogP contribution in [0.15, 0.2) is 18.2 Å². The van der Waals surface area contributed by atoms with Gasteiger partial charge in [0, 0.05) is 0 Å². The van der Waals surface area contributed by atoms with E-state index in [1.165, 1.54) is 7.11 Å². The van der Waals surface area contributed by atoms with E-state index in [0.29, 0.717) is 11.3 Å². The Morgan fingerprint density at radius 3 is 2.47 bits per heavy atom. The van der Waals surface area contributed by atoms with Gasteiger partial charge >= 0.3 is 5.97 Å². The molecule has 0 aliphatic carbocycles. The third kappa shape index (κ3) is 3.79. The van der Waals surface area contributed by atoms with Crippen molar-refractivity contribution in [1.82, 2.24) is 4.90 Å². The highest BCUT2D eigenvalue weighted by molar-refractivity contribution is 6.03. The fraction of sp³-hybridized carbons (Fsp3) is 0.429. The lowest BCUT2D eigenvalue weighted by Gasteiger charge is -2.22. The second-order valence-electron chi connectivity index (χ2n) is 4.65. The van der Waals surface area contributed by atoms with Crippen LogP contribution in [0.1, 0.15) is 22.3 Å². The van der Waals surface area contributed by atoms with E-state index >= 15 is 0 Å². The Hall–Kier alpha value is -1.88. The van der Waals surface area contributed by atoms with Crippen molar-refractivity contribution in [3.8, 4) is 5.75 Å². The summed E-state index contributed by atoms with van der Waals surface area (Å²) in [7, 11) is 4.87. The quantitative estimate of drug-likeness (QED) is 0.791. The lowest BCUT2D eigenvalue weighted by atomic mass is 9.98. The first-order valence-corrected chi connectivity index (χ1v) is 5.94. The summed E-state index contributed by atoms with van der Waals surface area (Å²) in [4.78, 5) is 24.9. The van der Waals surface area contributed by atoms with Gasteiger partial charge in [0.1, 0.15) is 5.75 Å². The van der Waals surface area contributed by atoms with Crippen LogP contribution in [0, 0.1) is 6.92 Å². The van der Waals surface area contributed by atoms with Crippen molar-refractivity contribution >= 4 is 11.8 Å². The van der Waals surface area contributed by atoms with E-state index in [9.17, 15) is 9.59 Å². The zero-order valence-corrected chi connectivity index (χ0v) is 11.6. The second kappa shape index (κ2) is 6.33. The Morgan fingerprint density at radius 1 is 1.37 bits per heavy atom. The minimum absolute atomic E-state index is 0.233. The first-order chi connectivity index (χ1) is 8.86. The summed E-state index contributed by atoms with van der Waals surface area (Å²) in [6.07, 6.45) is -0.233. The van der Waals surface area contributed by atoms with Crippen molar-refractivity contribution in [2.75, 3.05) is 21.2 Å². The summed E-state index contributed by atoms with van der Waals surface area (Å²) in [6.45, 7) is 1.87. The molecule has 1 aromatic carbocycles. The van der Waals surface area contributed by atoms with Crippen LogP contribution < -0.4 is 4.74 Å². The molecule has 0 heterocycles. The molecule has 104 valence electrons. The molecule has 19 heavy (non-hydrogen) atoms. The standard InChI is InChI=1S/C14H19NO4/c1-9-5-6-12(19-4)10(7-9)14(18)11(15(2)3)8-13(16)17/h5-7,11H,8H2,1-4H3,(H,16,17). The van der Waals surface area contributed by atoms with Crippen LogP contribution in [0.3, 0.4) is 0 Å². The van der Waals surface area contributed by atoms with Crippen molar-refractivity contribution in [2.24, 2.45) is 0 Å². The van der Waals surface area contributed by atoms with E-state index in [4.69, 9.17) is 9.84 Å². The Morgan fingerprint density at radius 2 is 2.00 bits per heavy atom. The molecule has 0 radical (unpaired) electrons. The van der Waals surface area contributed by atoms with Crippen molar-refractivity contribution in [1.29, 1.82) is 0 Å². The van der Waals surface area contributed by atoms with E-state index in [0.717, 1.165) is 5.56 Å². The normalized spacial score (nSPS) is 12.3. The van der Waals surface area contributed by atoms with E-state index in [1.54, 1.807) is 31.1 Å². The Kier molecular flexibility index (Phi) is 5.06. The van der Waals surface area contributed by atoms with Gasteiger partial charge in [-0.1, -0.05) is 11.6 Å². The largest absolute Gasteiger partial charge is 0.496 e. The van der Waals surface area contributed by atoms with Gasteiger partial charge in [0.25, 0.3) is 0 Å². The maximum Gasteiger partial charge on any atom is 0.305 e. The molecule has 0 aliphatic rings. The number of nitrogens with zero attached hydrogens (tertiary/aromatic N) is 1. The highest BCUT2D eigenvalue weighted by atomic mass is 16.5. The van der Waals surface area contributed by atoms with Crippen LogP contribution in [0.2, 0.25) is 0 Å². The maximum absolute atomic E-state index is 12.5. The number of benzene rings is 1. The number of hydrogen-bond donors (Lipinski definition) is 1. The molecule has 0 fully saturated rings. The highest BCUT2D eigenvalue weighted by Gasteiger charge is 2.27. The average Bonchev–Trinajstić information content (AvgIpc) is 2.34. The molecule has 1 rings (SSSR count). The molecule has 0 spiro atoms. The van der Waals surface area contributed by atoms with Crippen LogP contribution in [-0.4, -0.2) is 49.0 Å². The molecule has 0 amide bonds. The van der Waals surface area contributed by atoms with Crippen LogP contribution in [0.4, 0.5) is 0 Å². The Labute approximate surface area is 112 Å². The van der Waals surface area contributed by atoms with Gasteiger partial charge in [-0.05, 0) is 33.2 Å². The number of Topliss-reactive ketones (excluding diaryl/α,β-unsaturated/α-hetero) is 1. The van der Waals surface area contributed by atoms with Crippen LogP contribution in [-0.2, 0) is 4.79 Å². The van der Waals surface area contributed by atoms with Crippen molar-refractivity contribution in [3.05, 3.63) is 29.3 Å². The number of methoxy groups -OCH3 is 1. The van der Waals surface area contributed by atoms with Gasteiger partial charge in [0.15, 0.2) is 5.78 Å². The lowest BCUT2D eigenvalue weighted by Crippen LogP contribution is -2.38. The summed E-state index contributed by atoms with van der Waals surface area (Å²) in [5.74, 6) is -0.778. The molecule has 1 unspecified atom stereocenters. The van der Waals surface area contributed by atoms with Crippen LogP contribution in [0.25, 0.3) is 0 Å². The molecule has 0 saturated carbocycles. The molecule has 0 bridgehead atoms. The molecule has 0 saturated heterocycles. The number of ether oxygens (including phenoxy) is 1. The first kappa shape index (κ1) is 15.2. The molecular formula is C14H19NO4. The van der Waals surface area contributed by atoms with Gasteiger partial charge in [-0.2, -0.15) is 0 Å². The van der Waals surface area contributed by atoms with E-state index < -0.39 is 12.0 Å². The van der Waals surface area contributed by atoms with E-state index in [1.807, 2.05) is 13.0 Å². The summed E-state index contributed by atoms with van der Waals surface area (Å²) >= 11 is 0. The monoisotopic (exact) mass is 265 g/mol. The average molecular weight is 265 g/mol. The number of likely N-dealkylation sites (N-methyl/N-ethyl adjacent to an activating group) is 1. The molecule has 1 aromatic rings. The fourth-order valence-corrected chi connectivity index (χ4v) is 1.87. The maximum atomic E-state index is 12.5. The van der Waals surface area contributed by atoms with Gasteiger partial charge in [-0.15, -0.1) is 0 Å². The van der Waals surface area contributed by atoms with Gasteiger partial charge in [-0.3, -0.25) is 14.5 Å². The number of rotatable bonds is 6. The number of carbonyl (C=O) groups is 2. The van der Waals surface area contributed by atoms with Gasteiger partial charge in [-0.25, -0.2) is 0 Å². The summed E-state index contributed by atoms with van der Waals surface area (Å²) in [5, 5.41) is 8.90. The van der Waals surface area contributed by atoms with Gasteiger partial charge in [0.2, 0.25) is 0 Å². The number of carboxylic acid groups (broad SMARTS) is 1. The van der Waals surface area contributed by atoms with Crippen molar-refractivity contribution in [3.63, 3.8) is 0 Å². The van der Waals surface area contributed by atoms with Crippen LogP contribution in [0.5, 0.6) is 5.75 Å². The van der Waals surface area contributed by atoms with Gasteiger partial charge < -0.3 is 9.84 Å². The van der Waals surface area contributed by atoms with Gasteiger partial charge in [0.05, 0.1) is 25.1 Å².